The fraction of sp³-hybridized carbons (Fsp3) is 0.0769. The van der Waals surface area contributed by atoms with E-state index in [2.05, 4.69) is 20.7 Å². The predicted molar refractivity (Wildman–Crippen MR) is 88.0 cm³/mol. The minimum absolute atomic E-state index is 0.00424. The molecule has 0 radical (unpaired) electrons. The smallest absolute Gasteiger partial charge is 0.265 e. The largest absolute Gasteiger partial charge is 0.495 e. The Morgan fingerprint density at radius 2 is 1.86 bits per heavy atom. The van der Waals surface area contributed by atoms with E-state index in [1.807, 2.05) is 0 Å². The summed E-state index contributed by atoms with van der Waals surface area (Å²) in [6, 6.07) is 9.20. The molecule has 0 atom stereocenters. The number of rotatable bonds is 4. The van der Waals surface area contributed by atoms with Gasteiger partial charge >= 0.3 is 0 Å². The molecule has 21 heavy (non-hydrogen) atoms. The Hall–Kier alpha value is -0.950. The highest BCUT2D eigenvalue weighted by Crippen LogP contribution is 2.32. The summed E-state index contributed by atoms with van der Waals surface area (Å²) in [6.45, 7) is 0. The topological polar surface area (TPSA) is 55.4 Å². The highest BCUT2D eigenvalue weighted by atomic mass is 79.9. The second-order valence-electron chi connectivity index (χ2n) is 4.02. The van der Waals surface area contributed by atoms with Gasteiger partial charge in [0.05, 0.1) is 17.8 Å². The molecule has 0 heterocycles. The van der Waals surface area contributed by atoms with Crippen LogP contribution in [-0.4, -0.2) is 15.5 Å². The van der Waals surface area contributed by atoms with Gasteiger partial charge in [-0.05, 0) is 36.4 Å². The fourth-order valence-electron chi connectivity index (χ4n) is 1.64. The van der Waals surface area contributed by atoms with Crippen LogP contribution in [0.5, 0.6) is 5.75 Å². The summed E-state index contributed by atoms with van der Waals surface area (Å²) in [5.41, 5.74) is 0.200. The van der Waals surface area contributed by atoms with E-state index in [1.165, 1.54) is 25.3 Å². The molecule has 0 aliphatic rings. The van der Waals surface area contributed by atoms with Gasteiger partial charge in [0, 0.05) is 9.50 Å². The van der Waals surface area contributed by atoms with Crippen molar-refractivity contribution < 1.29 is 13.2 Å². The number of sulfonamides is 1. The molecule has 112 valence electrons. The molecule has 0 amide bonds. The second-order valence-corrected chi connectivity index (χ2v) is 7.43. The number of benzene rings is 2. The first-order valence-corrected chi connectivity index (χ1v) is 8.68. The second kappa shape index (κ2) is 6.44. The lowest BCUT2D eigenvalue weighted by Crippen LogP contribution is -2.14. The number of hydrogen-bond donors (Lipinski definition) is 1. The fourth-order valence-corrected chi connectivity index (χ4v) is 3.81. The molecule has 0 aliphatic carbocycles. The van der Waals surface area contributed by atoms with E-state index in [0.717, 1.165) is 0 Å². The number of nitrogens with one attached hydrogen (secondary N) is 1. The molecule has 0 spiro atoms. The monoisotopic (exact) mass is 409 g/mol. The standard InChI is InChI=1S/C13H10BrCl2NO3S/c1-20-12-5-2-8(14)6-13(12)21(18,19)17-11-7-9(15)3-4-10(11)16/h2-7,17H,1H3. The maximum atomic E-state index is 12.5. The van der Waals surface area contributed by atoms with Crippen LogP contribution in [-0.2, 0) is 10.0 Å². The van der Waals surface area contributed by atoms with Crippen LogP contribution in [0.15, 0.2) is 45.8 Å². The molecular formula is C13H10BrCl2NO3S. The van der Waals surface area contributed by atoms with E-state index < -0.39 is 10.0 Å². The molecule has 4 nitrogen and oxygen atoms in total. The van der Waals surface area contributed by atoms with Crippen molar-refractivity contribution in [3.8, 4) is 5.75 Å². The summed E-state index contributed by atoms with van der Waals surface area (Å²) in [4.78, 5) is -0.00424. The van der Waals surface area contributed by atoms with Gasteiger partial charge in [0.1, 0.15) is 10.6 Å². The van der Waals surface area contributed by atoms with E-state index in [1.54, 1.807) is 18.2 Å². The number of anilines is 1. The van der Waals surface area contributed by atoms with E-state index in [4.69, 9.17) is 27.9 Å². The molecule has 0 saturated heterocycles. The molecule has 2 rings (SSSR count). The molecule has 0 fully saturated rings. The number of methoxy groups -OCH3 is 1. The lowest BCUT2D eigenvalue weighted by Gasteiger charge is -2.13. The SMILES string of the molecule is COc1ccc(Br)cc1S(=O)(=O)Nc1cc(Cl)ccc1Cl. The van der Waals surface area contributed by atoms with Crippen LogP contribution in [0.1, 0.15) is 0 Å². The Balaban J connectivity index is 2.48. The Morgan fingerprint density at radius 1 is 1.14 bits per heavy atom. The van der Waals surface area contributed by atoms with Crippen molar-refractivity contribution in [1.82, 2.24) is 0 Å². The molecule has 0 unspecified atom stereocenters. The van der Waals surface area contributed by atoms with E-state index in [0.29, 0.717) is 9.50 Å². The molecule has 0 saturated carbocycles. The Bertz CT molecular complexity index is 781. The number of halogens is 3. The third-order valence-electron chi connectivity index (χ3n) is 2.59. The van der Waals surface area contributed by atoms with Gasteiger partial charge in [0.15, 0.2) is 0 Å². The average Bonchev–Trinajstić information content (AvgIpc) is 2.42. The minimum atomic E-state index is -3.87. The van der Waals surface area contributed by atoms with Crippen molar-refractivity contribution in [2.45, 2.75) is 4.90 Å². The van der Waals surface area contributed by atoms with Crippen molar-refractivity contribution in [1.29, 1.82) is 0 Å². The molecule has 1 N–H and O–H groups in total. The maximum absolute atomic E-state index is 12.5. The molecule has 0 bridgehead atoms. The van der Waals surface area contributed by atoms with Gasteiger partial charge in [0.25, 0.3) is 10.0 Å². The van der Waals surface area contributed by atoms with Crippen LogP contribution < -0.4 is 9.46 Å². The maximum Gasteiger partial charge on any atom is 0.265 e. The lowest BCUT2D eigenvalue weighted by atomic mass is 10.3. The first-order chi connectivity index (χ1) is 9.83. The highest BCUT2D eigenvalue weighted by molar-refractivity contribution is 9.10. The van der Waals surface area contributed by atoms with Crippen molar-refractivity contribution >= 4 is 54.8 Å². The first kappa shape index (κ1) is 16.4. The summed E-state index contributed by atoms with van der Waals surface area (Å²) in [6.07, 6.45) is 0. The summed E-state index contributed by atoms with van der Waals surface area (Å²) in [7, 11) is -2.47. The van der Waals surface area contributed by atoms with E-state index in [9.17, 15) is 8.42 Å². The minimum Gasteiger partial charge on any atom is -0.495 e. The molecule has 8 heteroatoms. The van der Waals surface area contributed by atoms with Crippen molar-refractivity contribution in [2.75, 3.05) is 11.8 Å². The number of ether oxygens (including phenoxy) is 1. The Kier molecular flexibility index (Phi) is 5.03. The molecule has 2 aromatic carbocycles. The van der Waals surface area contributed by atoms with E-state index >= 15 is 0 Å². The molecule has 0 aromatic heterocycles. The van der Waals surface area contributed by atoms with Crippen LogP contribution in [0.2, 0.25) is 10.0 Å². The van der Waals surface area contributed by atoms with E-state index in [-0.39, 0.29) is 21.4 Å². The van der Waals surface area contributed by atoms with Gasteiger partial charge in [-0.1, -0.05) is 39.1 Å². The van der Waals surface area contributed by atoms with Gasteiger partial charge in [-0.15, -0.1) is 0 Å². The Morgan fingerprint density at radius 3 is 2.52 bits per heavy atom. The van der Waals surface area contributed by atoms with Crippen molar-refractivity contribution in [3.63, 3.8) is 0 Å². The summed E-state index contributed by atoms with van der Waals surface area (Å²) >= 11 is 15.1. The van der Waals surface area contributed by atoms with Crippen LogP contribution in [0.4, 0.5) is 5.69 Å². The predicted octanol–water partition coefficient (Wildman–Crippen LogP) is 4.57. The van der Waals surface area contributed by atoms with Crippen LogP contribution >= 0.6 is 39.1 Å². The third-order valence-corrected chi connectivity index (χ3v) is 5.03. The lowest BCUT2D eigenvalue weighted by molar-refractivity contribution is 0.403. The normalized spacial score (nSPS) is 11.2. The average molecular weight is 411 g/mol. The molecule has 2 aromatic rings. The van der Waals surface area contributed by atoms with Crippen LogP contribution in [0, 0.1) is 0 Å². The van der Waals surface area contributed by atoms with Crippen LogP contribution in [0.3, 0.4) is 0 Å². The first-order valence-electron chi connectivity index (χ1n) is 5.65. The van der Waals surface area contributed by atoms with Gasteiger partial charge in [-0.3, -0.25) is 4.72 Å². The third kappa shape index (κ3) is 3.83. The quantitative estimate of drug-likeness (QED) is 0.803. The zero-order valence-corrected chi connectivity index (χ0v) is 14.6. The summed E-state index contributed by atoms with van der Waals surface area (Å²) in [5, 5.41) is 0.621. The number of hydrogen-bond acceptors (Lipinski definition) is 3. The van der Waals surface area contributed by atoms with Gasteiger partial charge in [-0.2, -0.15) is 0 Å². The van der Waals surface area contributed by atoms with Gasteiger partial charge < -0.3 is 4.74 Å². The zero-order chi connectivity index (χ0) is 15.6. The van der Waals surface area contributed by atoms with Crippen molar-refractivity contribution in [3.05, 3.63) is 50.9 Å². The highest BCUT2D eigenvalue weighted by Gasteiger charge is 2.21. The molecular weight excluding hydrogens is 401 g/mol. The van der Waals surface area contributed by atoms with Crippen molar-refractivity contribution in [2.24, 2.45) is 0 Å². The van der Waals surface area contributed by atoms with Gasteiger partial charge in [-0.25, -0.2) is 8.42 Å². The summed E-state index contributed by atoms with van der Waals surface area (Å²) in [5.74, 6) is 0.226. The Labute approximate surface area is 141 Å². The van der Waals surface area contributed by atoms with Crippen LogP contribution in [0.25, 0.3) is 0 Å². The summed E-state index contributed by atoms with van der Waals surface area (Å²) < 4.78 is 33.1. The van der Waals surface area contributed by atoms with Gasteiger partial charge in [0.2, 0.25) is 0 Å². The molecule has 0 aliphatic heterocycles. The zero-order valence-electron chi connectivity index (χ0n) is 10.7.